The molecule has 3 fully saturated rings. The largest absolute Gasteiger partial charge is 0.371 e. The van der Waals surface area contributed by atoms with E-state index in [1.54, 1.807) is 6.92 Å². The van der Waals surface area contributed by atoms with Gasteiger partial charge in [-0.3, -0.25) is 9.59 Å². The number of hydrogen-bond donors (Lipinski definition) is 2. The van der Waals surface area contributed by atoms with E-state index in [4.69, 9.17) is 0 Å². The van der Waals surface area contributed by atoms with Crippen LogP contribution in [0.1, 0.15) is 39.0 Å². The fourth-order valence-electron chi connectivity index (χ4n) is 4.71. The van der Waals surface area contributed by atoms with Crippen molar-refractivity contribution in [2.45, 2.75) is 45.1 Å². The summed E-state index contributed by atoms with van der Waals surface area (Å²) in [6.07, 6.45) is 5.35. The molecule has 4 rings (SSSR count). The Labute approximate surface area is 161 Å². The van der Waals surface area contributed by atoms with Gasteiger partial charge in [-0.2, -0.15) is 0 Å². The van der Waals surface area contributed by atoms with Gasteiger partial charge < -0.3 is 20.4 Å². The van der Waals surface area contributed by atoms with Gasteiger partial charge in [0.2, 0.25) is 11.8 Å². The highest BCUT2D eigenvalue weighted by Crippen LogP contribution is 2.39. The van der Waals surface area contributed by atoms with E-state index >= 15 is 0 Å². The highest BCUT2D eigenvalue weighted by molar-refractivity contribution is 5.98. The zero-order chi connectivity index (χ0) is 18.9. The molecule has 2 N–H and O–H groups in total. The number of nitrogens with one attached hydrogen (secondary N) is 2. The van der Waals surface area contributed by atoms with Crippen molar-refractivity contribution in [2.75, 3.05) is 42.9 Å². The summed E-state index contributed by atoms with van der Waals surface area (Å²) < 4.78 is 0. The van der Waals surface area contributed by atoms with Crippen molar-refractivity contribution in [3.63, 3.8) is 0 Å². The van der Waals surface area contributed by atoms with Crippen LogP contribution < -0.4 is 15.5 Å². The van der Waals surface area contributed by atoms with E-state index in [1.165, 1.54) is 12.8 Å². The third-order valence-electron chi connectivity index (χ3n) is 6.37. The normalized spacial score (nSPS) is 28.0. The molecule has 27 heavy (non-hydrogen) atoms. The smallest absolute Gasteiger partial charge is 0.246 e. The molecule has 3 aliphatic rings. The first-order valence-electron chi connectivity index (χ1n) is 10.2. The predicted molar refractivity (Wildman–Crippen MR) is 107 cm³/mol. The number of fused-ring (bicyclic) bond motifs is 2. The van der Waals surface area contributed by atoms with Crippen molar-refractivity contribution in [3.8, 4) is 0 Å². The third kappa shape index (κ3) is 3.81. The standard InChI is InChI=1S/C21H30N4O2/c1-16(22-20(27)21-8-5-10-24(15-21)13-9-21)19(26)23-17-6-4-7-18(14-17)25-11-2-3-12-25/h4,6-7,14,16H,2-3,5,8-13,15H2,1H3,(H,22,27)(H,23,26). The molecule has 6 heteroatoms. The molecule has 3 heterocycles. The Morgan fingerprint density at radius 3 is 2.70 bits per heavy atom. The van der Waals surface area contributed by atoms with Crippen molar-refractivity contribution in [3.05, 3.63) is 24.3 Å². The number of carbonyl (C=O) groups is 2. The van der Waals surface area contributed by atoms with E-state index in [1.807, 2.05) is 18.2 Å². The molecule has 0 spiro atoms. The number of nitrogens with zero attached hydrogens (tertiary/aromatic N) is 2. The van der Waals surface area contributed by atoms with Crippen LogP contribution in [0.4, 0.5) is 11.4 Å². The summed E-state index contributed by atoms with van der Waals surface area (Å²) in [6.45, 7) is 6.84. The Morgan fingerprint density at radius 2 is 1.89 bits per heavy atom. The van der Waals surface area contributed by atoms with Crippen LogP contribution in [-0.4, -0.2) is 55.5 Å². The molecule has 3 atom stereocenters. The lowest BCUT2D eigenvalue weighted by Crippen LogP contribution is -2.51. The zero-order valence-electron chi connectivity index (χ0n) is 16.2. The van der Waals surface area contributed by atoms with E-state index in [9.17, 15) is 9.59 Å². The molecule has 0 aromatic heterocycles. The van der Waals surface area contributed by atoms with Crippen molar-refractivity contribution in [2.24, 2.45) is 5.41 Å². The monoisotopic (exact) mass is 370 g/mol. The van der Waals surface area contributed by atoms with Gasteiger partial charge in [-0.1, -0.05) is 6.07 Å². The van der Waals surface area contributed by atoms with Crippen LogP contribution >= 0.6 is 0 Å². The SMILES string of the molecule is CC(NC(=O)C12CCCN(CC1)C2)C(=O)Nc1cccc(N2CCCC2)c1. The Morgan fingerprint density at radius 1 is 1.07 bits per heavy atom. The summed E-state index contributed by atoms with van der Waals surface area (Å²) in [7, 11) is 0. The summed E-state index contributed by atoms with van der Waals surface area (Å²) in [5.41, 5.74) is 1.64. The van der Waals surface area contributed by atoms with Crippen molar-refractivity contribution < 1.29 is 9.59 Å². The summed E-state index contributed by atoms with van der Waals surface area (Å²) in [4.78, 5) is 30.2. The Bertz CT molecular complexity index is 712. The Hall–Kier alpha value is -2.08. The number of hydrogen-bond acceptors (Lipinski definition) is 4. The number of piperidine rings is 1. The van der Waals surface area contributed by atoms with Gasteiger partial charge in [0.15, 0.2) is 0 Å². The minimum absolute atomic E-state index is 0.0400. The van der Waals surface area contributed by atoms with E-state index in [2.05, 4.69) is 26.5 Å². The highest BCUT2D eigenvalue weighted by Gasteiger charge is 2.47. The van der Waals surface area contributed by atoms with E-state index in [0.717, 1.165) is 63.4 Å². The molecule has 6 nitrogen and oxygen atoms in total. The van der Waals surface area contributed by atoms with Gasteiger partial charge in [0.05, 0.1) is 5.41 Å². The number of carbonyl (C=O) groups excluding carboxylic acids is 2. The van der Waals surface area contributed by atoms with Crippen molar-refractivity contribution in [1.29, 1.82) is 0 Å². The Kier molecular flexibility index (Phi) is 5.08. The second-order valence-corrected chi connectivity index (χ2v) is 8.34. The molecule has 2 bridgehead atoms. The molecular weight excluding hydrogens is 340 g/mol. The molecule has 3 unspecified atom stereocenters. The average Bonchev–Trinajstić information content (AvgIpc) is 3.31. The first-order valence-corrected chi connectivity index (χ1v) is 10.2. The highest BCUT2D eigenvalue weighted by atomic mass is 16.2. The molecule has 2 amide bonds. The first kappa shape index (κ1) is 18.3. The molecule has 0 saturated carbocycles. The molecule has 0 aliphatic carbocycles. The minimum atomic E-state index is -0.543. The van der Waals surface area contributed by atoms with Gasteiger partial charge >= 0.3 is 0 Å². The fourth-order valence-corrected chi connectivity index (χ4v) is 4.71. The number of benzene rings is 1. The van der Waals surface area contributed by atoms with Gasteiger partial charge in [0.25, 0.3) is 0 Å². The molecule has 0 radical (unpaired) electrons. The molecule has 3 aliphatic heterocycles. The number of amides is 2. The van der Waals surface area contributed by atoms with Gasteiger partial charge in [-0.15, -0.1) is 0 Å². The van der Waals surface area contributed by atoms with Crippen molar-refractivity contribution >= 4 is 23.2 Å². The van der Waals surface area contributed by atoms with Crippen LogP contribution in [0, 0.1) is 5.41 Å². The van der Waals surface area contributed by atoms with Gasteiger partial charge in [-0.05, 0) is 70.3 Å². The predicted octanol–water partition coefficient (Wildman–Crippen LogP) is 2.22. The lowest BCUT2D eigenvalue weighted by atomic mass is 9.80. The van der Waals surface area contributed by atoms with Crippen LogP contribution in [0.5, 0.6) is 0 Å². The topological polar surface area (TPSA) is 64.7 Å². The molecule has 3 saturated heterocycles. The molecule has 1 aromatic rings. The van der Waals surface area contributed by atoms with Crippen LogP contribution in [0.3, 0.4) is 0 Å². The fraction of sp³-hybridized carbons (Fsp3) is 0.619. The minimum Gasteiger partial charge on any atom is -0.371 e. The van der Waals surface area contributed by atoms with Gasteiger partial charge in [-0.25, -0.2) is 0 Å². The maximum Gasteiger partial charge on any atom is 0.246 e. The summed E-state index contributed by atoms with van der Waals surface area (Å²) in [5.74, 6) is -0.123. The lowest BCUT2D eigenvalue weighted by molar-refractivity contribution is -0.134. The van der Waals surface area contributed by atoms with Crippen LogP contribution in [0.25, 0.3) is 0 Å². The maximum absolute atomic E-state index is 12.8. The van der Waals surface area contributed by atoms with E-state index in [0.29, 0.717) is 0 Å². The summed E-state index contributed by atoms with van der Waals surface area (Å²) in [5, 5.41) is 5.93. The van der Waals surface area contributed by atoms with E-state index in [-0.39, 0.29) is 17.2 Å². The quantitative estimate of drug-likeness (QED) is 0.834. The van der Waals surface area contributed by atoms with Crippen LogP contribution in [0.2, 0.25) is 0 Å². The number of anilines is 2. The molecule has 146 valence electrons. The first-order chi connectivity index (χ1) is 13.1. The molecule has 1 aromatic carbocycles. The van der Waals surface area contributed by atoms with Crippen LogP contribution in [-0.2, 0) is 9.59 Å². The zero-order valence-corrected chi connectivity index (χ0v) is 16.2. The maximum atomic E-state index is 12.8. The molecular formula is C21H30N4O2. The summed E-state index contributed by atoms with van der Waals surface area (Å²) >= 11 is 0. The second-order valence-electron chi connectivity index (χ2n) is 8.34. The lowest BCUT2D eigenvalue weighted by Gasteiger charge is -2.33. The number of rotatable bonds is 5. The summed E-state index contributed by atoms with van der Waals surface area (Å²) in [6, 6.07) is 7.44. The third-order valence-corrected chi connectivity index (χ3v) is 6.37. The van der Waals surface area contributed by atoms with Crippen LogP contribution in [0.15, 0.2) is 24.3 Å². The Balaban J connectivity index is 1.35. The second kappa shape index (κ2) is 7.50. The van der Waals surface area contributed by atoms with Gasteiger partial charge in [0, 0.05) is 31.0 Å². The van der Waals surface area contributed by atoms with Crippen molar-refractivity contribution in [1.82, 2.24) is 10.2 Å². The van der Waals surface area contributed by atoms with E-state index < -0.39 is 6.04 Å². The average molecular weight is 370 g/mol. The van der Waals surface area contributed by atoms with Gasteiger partial charge in [0.1, 0.15) is 6.04 Å².